The van der Waals surface area contributed by atoms with Crippen molar-refractivity contribution in [2.45, 2.75) is 6.54 Å². The van der Waals surface area contributed by atoms with E-state index in [4.69, 9.17) is 22.5 Å². The van der Waals surface area contributed by atoms with Crippen LogP contribution in [-0.4, -0.2) is 23.1 Å². The van der Waals surface area contributed by atoms with Crippen molar-refractivity contribution in [1.82, 2.24) is 4.98 Å². The Balaban J connectivity index is 2.29. The summed E-state index contributed by atoms with van der Waals surface area (Å²) in [5, 5.41) is 12.1. The van der Waals surface area contributed by atoms with Gasteiger partial charge in [-0.2, -0.15) is 0 Å². The summed E-state index contributed by atoms with van der Waals surface area (Å²) < 4.78 is 1.01. The number of nitrogens with two attached hydrogens (primary N) is 1. The van der Waals surface area contributed by atoms with Crippen LogP contribution in [0.15, 0.2) is 46.2 Å². The van der Waals surface area contributed by atoms with Gasteiger partial charge in [-0.1, -0.05) is 44.8 Å². The third-order valence-electron chi connectivity index (χ3n) is 2.92. The SMILES string of the molecule is CN(Cc1cccc(Br)c1)c1nccc(/C(N)=N/O)c1Cl. The van der Waals surface area contributed by atoms with Gasteiger partial charge in [-0.15, -0.1) is 0 Å². The topological polar surface area (TPSA) is 74.7 Å². The summed E-state index contributed by atoms with van der Waals surface area (Å²) in [6.07, 6.45) is 1.58. The van der Waals surface area contributed by atoms with Crippen LogP contribution in [0.2, 0.25) is 5.02 Å². The van der Waals surface area contributed by atoms with E-state index >= 15 is 0 Å². The molecule has 7 heteroatoms. The molecule has 0 saturated heterocycles. The van der Waals surface area contributed by atoms with Crippen LogP contribution in [0.4, 0.5) is 5.82 Å². The third-order valence-corrected chi connectivity index (χ3v) is 3.79. The Labute approximate surface area is 136 Å². The zero-order chi connectivity index (χ0) is 15.4. The summed E-state index contributed by atoms with van der Waals surface area (Å²) in [5.74, 6) is 0.528. The molecule has 0 bridgehead atoms. The Morgan fingerprint density at radius 3 is 2.90 bits per heavy atom. The largest absolute Gasteiger partial charge is 0.409 e. The molecular formula is C14H14BrClN4O. The second kappa shape index (κ2) is 6.78. The Hall–Kier alpha value is -1.79. The summed E-state index contributed by atoms with van der Waals surface area (Å²) in [6, 6.07) is 9.58. The van der Waals surface area contributed by atoms with E-state index in [-0.39, 0.29) is 5.84 Å². The van der Waals surface area contributed by atoms with Crippen LogP contribution in [0.25, 0.3) is 0 Å². The van der Waals surface area contributed by atoms with Crippen molar-refractivity contribution in [2.75, 3.05) is 11.9 Å². The fraction of sp³-hybridized carbons (Fsp3) is 0.143. The van der Waals surface area contributed by atoms with Gasteiger partial charge in [-0.3, -0.25) is 0 Å². The van der Waals surface area contributed by atoms with E-state index < -0.39 is 0 Å². The number of pyridine rings is 1. The first kappa shape index (κ1) is 15.6. The van der Waals surface area contributed by atoms with E-state index in [1.807, 2.05) is 36.2 Å². The molecule has 3 N–H and O–H groups in total. The minimum absolute atomic E-state index is 0.0421. The molecule has 0 aliphatic heterocycles. The lowest BCUT2D eigenvalue weighted by Gasteiger charge is -2.20. The fourth-order valence-corrected chi connectivity index (χ4v) is 2.73. The van der Waals surface area contributed by atoms with Crippen molar-refractivity contribution in [3.8, 4) is 0 Å². The maximum Gasteiger partial charge on any atom is 0.171 e. The molecule has 0 fully saturated rings. The van der Waals surface area contributed by atoms with Crippen molar-refractivity contribution < 1.29 is 5.21 Å². The van der Waals surface area contributed by atoms with Crippen molar-refractivity contribution in [3.63, 3.8) is 0 Å². The standard InChI is InChI=1S/C14H14BrClN4O/c1-20(8-9-3-2-4-10(15)7-9)14-12(16)11(5-6-18-14)13(17)19-21/h2-7,21H,8H2,1H3,(H2,17,19). The van der Waals surface area contributed by atoms with Crippen LogP contribution in [0, 0.1) is 0 Å². The number of benzene rings is 1. The molecule has 2 rings (SSSR count). The van der Waals surface area contributed by atoms with Gasteiger partial charge in [0.2, 0.25) is 0 Å². The van der Waals surface area contributed by atoms with E-state index in [0.717, 1.165) is 10.0 Å². The molecule has 5 nitrogen and oxygen atoms in total. The number of halogens is 2. The summed E-state index contributed by atoms with van der Waals surface area (Å²) in [6.45, 7) is 0.631. The Morgan fingerprint density at radius 2 is 2.24 bits per heavy atom. The molecule has 0 saturated carbocycles. The van der Waals surface area contributed by atoms with E-state index in [9.17, 15) is 0 Å². The fourth-order valence-electron chi connectivity index (χ4n) is 1.93. The normalized spacial score (nSPS) is 11.5. The number of rotatable bonds is 4. The summed E-state index contributed by atoms with van der Waals surface area (Å²) in [5.41, 5.74) is 7.16. The third kappa shape index (κ3) is 3.65. The van der Waals surface area contributed by atoms with Crippen LogP contribution < -0.4 is 10.6 Å². The van der Waals surface area contributed by atoms with Crippen LogP contribution in [0.5, 0.6) is 0 Å². The molecule has 1 heterocycles. The lowest BCUT2D eigenvalue weighted by atomic mass is 10.2. The summed E-state index contributed by atoms with van der Waals surface area (Å²) in [4.78, 5) is 6.17. The predicted molar refractivity (Wildman–Crippen MR) is 88.0 cm³/mol. The monoisotopic (exact) mass is 368 g/mol. The minimum Gasteiger partial charge on any atom is -0.409 e. The second-order valence-corrected chi connectivity index (χ2v) is 5.76. The molecule has 0 aliphatic rings. The molecule has 0 unspecified atom stereocenters. The first-order chi connectivity index (χ1) is 10.0. The zero-order valence-electron chi connectivity index (χ0n) is 11.3. The van der Waals surface area contributed by atoms with E-state index in [0.29, 0.717) is 22.9 Å². The zero-order valence-corrected chi connectivity index (χ0v) is 13.6. The Morgan fingerprint density at radius 1 is 1.48 bits per heavy atom. The van der Waals surface area contributed by atoms with Gasteiger partial charge in [0.15, 0.2) is 5.84 Å². The molecule has 0 spiro atoms. The molecule has 1 aromatic heterocycles. The van der Waals surface area contributed by atoms with Gasteiger partial charge in [0.1, 0.15) is 5.82 Å². The van der Waals surface area contributed by atoms with E-state index in [2.05, 4.69) is 26.1 Å². The number of anilines is 1. The van der Waals surface area contributed by atoms with Gasteiger partial charge in [-0.05, 0) is 23.8 Å². The van der Waals surface area contributed by atoms with Crippen molar-refractivity contribution in [2.24, 2.45) is 10.9 Å². The molecule has 21 heavy (non-hydrogen) atoms. The number of oxime groups is 1. The number of hydrogen-bond acceptors (Lipinski definition) is 4. The van der Waals surface area contributed by atoms with E-state index in [1.165, 1.54) is 0 Å². The predicted octanol–water partition coefficient (Wildman–Crippen LogP) is 3.23. The first-order valence-corrected chi connectivity index (χ1v) is 7.28. The first-order valence-electron chi connectivity index (χ1n) is 6.11. The van der Waals surface area contributed by atoms with Crippen molar-refractivity contribution in [1.29, 1.82) is 0 Å². The van der Waals surface area contributed by atoms with Crippen LogP contribution in [-0.2, 0) is 6.54 Å². The number of amidine groups is 1. The lowest BCUT2D eigenvalue weighted by Crippen LogP contribution is -2.20. The molecular weight excluding hydrogens is 356 g/mol. The maximum atomic E-state index is 8.77. The van der Waals surface area contributed by atoms with Gasteiger partial charge in [0, 0.05) is 29.8 Å². The highest BCUT2D eigenvalue weighted by Crippen LogP contribution is 2.27. The number of nitrogens with zero attached hydrogens (tertiary/aromatic N) is 3. The quantitative estimate of drug-likeness (QED) is 0.375. The van der Waals surface area contributed by atoms with Crippen molar-refractivity contribution in [3.05, 3.63) is 57.2 Å². The Bertz CT molecular complexity index is 678. The maximum absolute atomic E-state index is 8.77. The molecule has 0 atom stereocenters. The summed E-state index contributed by atoms with van der Waals surface area (Å²) in [7, 11) is 1.88. The van der Waals surface area contributed by atoms with Gasteiger partial charge < -0.3 is 15.8 Å². The highest BCUT2D eigenvalue weighted by atomic mass is 79.9. The summed E-state index contributed by atoms with van der Waals surface area (Å²) >= 11 is 9.73. The highest BCUT2D eigenvalue weighted by Gasteiger charge is 2.14. The van der Waals surface area contributed by atoms with Gasteiger partial charge in [0.05, 0.1) is 5.02 Å². The minimum atomic E-state index is -0.0421. The van der Waals surface area contributed by atoms with Crippen molar-refractivity contribution >= 4 is 39.2 Å². The Kier molecular flexibility index (Phi) is 5.03. The average Bonchev–Trinajstić information content (AvgIpc) is 2.46. The average molecular weight is 370 g/mol. The lowest BCUT2D eigenvalue weighted by molar-refractivity contribution is 0.318. The molecule has 2 aromatic rings. The highest BCUT2D eigenvalue weighted by molar-refractivity contribution is 9.10. The molecule has 1 aromatic carbocycles. The number of hydrogen-bond donors (Lipinski definition) is 2. The van der Waals surface area contributed by atoms with Crippen LogP contribution in [0.1, 0.15) is 11.1 Å². The smallest absolute Gasteiger partial charge is 0.171 e. The second-order valence-electron chi connectivity index (χ2n) is 4.47. The van der Waals surface area contributed by atoms with Gasteiger partial charge in [0.25, 0.3) is 0 Å². The van der Waals surface area contributed by atoms with Crippen LogP contribution in [0.3, 0.4) is 0 Å². The van der Waals surface area contributed by atoms with Gasteiger partial charge >= 0.3 is 0 Å². The molecule has 0 radical (unpaired) electrons. The van der Waals surface area contributed by atoms with Crippen LogP contribution >= 0.6 is 27.5 Å². The molecule has 110 valence electrons. The van der Waals surface area contributed by atoms with E-state index in [1.54, 1.807) is 12.3 Å². The number of aromatic nitrogens is 1. The molecule has 0 amide bonds. The van der Waals surface area contributed by atoms with Gasteiger partial charge in [-0.25, -0.2) is 4.98 Å². The molecule has 0 aliphatic carbocycles.